The van der Waals surface area contributed by atoms with Crippen LogP contribution in [0.15, 0.2) is 47.3 Å². The lowest BCUT2D eigenvalue weighted by Gasteiger charge is -2.16. The summed E-state index contributed by atoms with van der Waals surface area (Å²) in [6, 6.07) is 10.1. The van der Waals surface area contributed by atoms with E-state index >= 15 is 0 Å². The number of terminal acetylenes is 1. The molecule has 1 fully saturated rings. The van der Waals surface area contributed by atoms with Crippen LogP contribution in [0.5, 0.6) is 0 Å². The monoisotopic (exact) mass is 369 g/mol. The van der Waals surface area contributed by atoms with Crippen LogP contribution in [0, 0.1) is 12.3 Å². The largest absolute Gasteiger partial charge is 0.416 e. The Balaban J connectivity index is 2.06. The van der Waals surface area contributed by atoms with Gasteiger partial charge in [-0.2, -0.15) is 18.2 Å². The Hall–Kier alpha value is -3.27. The van der Waals surface area contributed by atoms with Gasteiger partial charge in [-0.15, -0.1) is 6.42 Å². The standard InChI is InChI=1S/C20H14F3N3O/c1-2-12-5-3-4-6-16(12)26-17-11-13(20(21,22)23)7-10-15(17)18(25-19(26)27)24-14-8-9-14/h1,3-7,10-11,14H,8-9H2,(H,24,25,27). The predicted octanol–water partition coefficient (Wildman–Crippen LogP) is 3.96. The molecule has 27 heavy (non-hydrogen) atoms. The smallest absolute Gasteiger partial charge is 0.367 e. The molecule has 1 heterocycles. The number of aromatic nitrogens is 2. The van der Waals surface area contributed by atoms with Crippen molar-refractivity contribution in [2.45, 2.75) is 25.1 Å². The molecule has 4 nitrogen and oxygen atoms in total. The van der Waals surface area contributed by atoms with Crippen LogP contribution >= 0.6 is 0 Å². The van der Waals surface area contributed by atoms with Crippen molar-refractivity contribution in [2.75, 3.05) is 5.32 Å². The SMILES string of the molecule is C#Cc1ccccc1-n1c(=O)nc(NC2CC2)c2ccc(C(F)(F)F)cc21. The molecule has 0 amide bonds. The van der Waals surface area contributed by atoms with Gasteiger partial charge in [-0.05, 0) is 43.2 Å². The first-order valence-electron chi connectivity index (χ1n) is 8.35. The minimum Gasteiger partial charge on any atom is -0.367 e. The van der Waals surface area contributed by atoms with E-state index < -0.39 is 17.4 Å². The van der Waals surface area contributed by atoms with Gasteiger partial charge in [0, 0.05) is 17.0 Å². The zero-order valence-corrected chi connectivity index (χ0v) is 14.0. The fraction of sp³-hybridized carbons (Fsp3) is 0.200. The topological polar surface area (TPSA) is 46.9 Å². The first-order valence-corrected chi connectivity index (χ1v) is 8.35. The van der Waals surface area contributed by atoms with E-state index in [9.17, 15) is 18.0 Å². The third kappa shape index (κ3) is 3.14. The van der Waals surface area contributed by atoms with Gasteiger partial charge in [-0.25, -0.2) is 4.79 Å². The number of rotatable bonds is 3. The molecule has 3 aromatic rings. The second kappa shape index (κ2) is 6.16. The number of fused-ring (bicyclic) bond motifs is 1. The summed E-state index contributed by atoms with van der Waals surface area (Å²) >= 11 is 0. The lowest BCUT2D eigenvalue weighted by atomic mass is 10.1. The zero-order chi connectivity index (χ0) is 19.2. The lowest BCUT2D eigenvalue weighted by Crippen LogP contribution is -2.25. The zero-order valence-electron chi connectivity index (χ0n) is 14.0. The minimum absolute atomic E-state index is 0.107. The van der Waals surface area contributed by atoms with Crippen LogP contribution in [-0.2, 0) is 6.18 Å². The molecule has 0 atom stereocenters. The molecule has 0 bridgehead atoms. The molecule has 0 aliphatic heterocycles. The van der Waals surface area contributed by atoms with Crippen LogP contribution in [0.2, 0.25) is 0 Å². The molecule has 7 heteroatoms. The van der Waals surface area contributed by atoms with Crippen molar-refractivity contribution in [1.29, 1.82) is 0 Å². The normalized spacial score (nSPS) is 14.1. The first-order chi connectivity index (χ1) is 12.9. The molecule has 0 saturated heterocycles. The van der Waals surface area contributed by atoms with Crippen LogP contribution in [0.4, 0.5) is 19.0 Å². The third-order valence-corrected chi connectivity index (χ3v) is 4.44. The molecule has 0 radical (unpaired) electrons. The van der Waals surface area contributed by atoms with Gasteiger partial charge in [-0.1, -0.05) is 18.1 Å². The maximum Gasteiger partial charge on any atom is 0.416 e. The molecule has 0 unspecified atom stereocenters. The molecule has 2 aromatic carbocycles. The summed E-state index contributed by atoms with van der Waals surface area (Å²) in [7, 11) is 0. The van der Waals surface area contributed by atoms with E-state index in [2.05, 4.69) is 16.2 Å². The van der Waals surface area contributed by atoms with Crippen LogP contribution in [0.1, 0.15) is 24.0 Å². The third-order valence-electron chi connectivity index (χ3n) is 4.44. The number of alkyl halides is 3. The predicted molar refractivity (Wildman–Crippen MR) is 96.9 cm³/mol. The Morgan fingerprint density at radius 3 is 2.59 bits per heavy atom. The summed E-state index contributed by atoms with van der Waals surface area (Å²) < 4.78 is 40.9. The molecule has 1 aromatic heterocycles. The fourth-order valence-corrected chi connectivity index (χ4v) is 2.96. The second-order valence-corrected chi connectivity index (χ2v) is 6.39. The molecule has 4 rings (SSSR count). The van der Waals surface area contributed by atoms with Crippen molar-refractivity contribution in [3.63, 3.8) is 0 Å². The summed E-state index contributed by atoms with van der Waals surface area (Å²) in [6.07, 6.45) is 2.85. The molecule has 136 valence electrons. The minimum atomic E-state index is -4.53. The van der Waals surface area contributed by atoms with Crippen molar-refractivity contribution in [2.24, 2.45) is 0 Å². The average molecular weight is 369 g/mol. The van der Waals surface area contributed by atoms with Gasteiger partial charge in [0.25, 0.3) is 0 Å². The molecule has 1 N–H and O–H groups in total. The number of nitrogens with one attached hydrogen (secondary N) is 1. The first kappa shape index (κ1) is 17.2. The maximum atomic E-state index is 13.3. The van der Waals surface area contributed by atoms with Gasteiger partial charge < -0.3 is 5.32 Å². The van der Waals surface area contributed by atoms with Crippen molar-refractivity contribution < 1.29 is 13.2 Å². The highest BCUT2D eigenvalue weighted by Crippen LogP contribution is 2.34. The number of nitrogens with zero attached hydrogens (tertiary/aromatic N) is 2. The molecule has 0 spiro atoms. The average Bonchev–Trinajstić information content (AvgIpc) is 3.45. The van der Waals surface area contributed by atoms with Gasteiger partial charge in [0.15, 0.2) is 0 Å². The number of halogens is 3. The summed E-state index contributed by atoms with van der Waals surface area (Å²) in [5.74, 6) is 2.75. The Morgan fingerprint density at radius 2 is 1.93 bits per heavy atom. The lowest BCUT2D eigenvalue weighted by molar-refractivity contribution is -0.137. The molecular weight excluding hydrogens is 355 g/mol. The van der Waals surface area contributed by atoms with Gasteiger partial charge in [0.1, 0.15) is 5.82 Å². The van der Waals surface area contributed by atoms with E-state index in [-0.39, 0.29) is 11.6 Å². The quantitative estimate of drug-likeness (QED) is 0.711. The van der Waals surface area contributed by atoms with Gasteiger partial charge >= 0.3 is 11.9 Å². The van der Waals surface area contributed by atoms with E-state index in [4.69, 9.17) is 6.42 Å². The highest BCUT2D eigenvalue weighted by atomic mass is 19.4. The van der Waals surface area contributed by atoms with Crippen molar-refractivity contribution in [3.05, 3.63) is 64.1 Å². The van der Waals surface area contributed by atoms with E-state index in [1.54, 1.807) is 24.3 Å². The van der Waals surface area contributed by atoms with Crippen molar-refractivity contribution in [1.82, 2.24) is 9.55 Å². The van der Waals surface area contributed by atoms with Crippen LogP contribution in [0.3, 0.4) is 0 Å². The number of hydrogen-bond acceptors (Lipinski definition) is 3. The van der Waals surface area contributed by atoms with Gasteiger partial charge in [0.2, 0.25) is 0 Å². The van der Waals surface area contributed by atoms with Crippen LogP contribution in [-0.4, -0.2) is 15.6 Å². The van der Waals surface area contributed by atoms with E-state index in [0.717, 1.165) is 29.5 Å². The van der Waals surface area contributed by atoms with Crippen molar-refractivity contribution in [3.8, 4) is 18.0 Å². The number of anilines is 1. The summed E-state index contributed by atoms with van der Waals surface area (Å²) in [4.78, 5) is 16.8. The summed E-state index contributed by atoms with van der Waals surface area (Å²) in [5.41, 5.74) is -0.712. The Morgan fingerprint density at radius 1 is 1.19 bits per heavy atom. The van der Waals surface area contributed by atoms with E-state index in [1.165, 1.54) is 6.07 Å². The number of benzene rings is 2. The van der Waals surface area contributed by atoms with Crippen LogP contribution in [0.25, 0.3) is 16.6 Å². The number of hydrogen-bond donors (Lipinski definition) is 1. The Labute approximate surface area is 152 Å². The van der Waals surface area contributed by atoms with E-state index in [0.29, 0.717) is 22.5 Å². The Bertz CT molecular complexity index is 1140. The van der Waals surface area contributed by atoms with Crippen LogP contribution < -0.4 is 11.0 Å². The molecule has 1 saturated carbocycles. The molecule has 1 aliphatic rings. The van der Waals surface area contributed by atoms with Crippen molar-refractivity contribution >= 4 is 16.7 Å². The summed E-state index contributed by atoms with van der Waals surface area (Å²) in [6.45, 7) is 0. The number of para-hydroxylation sites is 1. The Kier molecular flexibility index (Phi) is 3.92. The maximum absolute atomic E-state index is 13.3. The molecule has 1 aliphatic carbocycles. The summed E-state index contributed by atoms with van der Waals surface area (Å²) in [5, 5.41) is 3.55. The fourth-order valence-electron chi connectivity index (χ4n) is 2.96. The van der Waals surface area contributed by atoms with Gasteiger partial charge in [0.05, 0.1) is 16.8 Å². The highest BCUT2D eigenvalue weighted by molar-refractivity contribution is 5.91. The van der Waals surface area contributed by atoms with E-state index in [1.807, 2.05) is 0 Å². The van der Waals surface area contributed by atoms with Gasteiger partial charge in [-0.3, -0.25) is 4.57 Å². The highest BCUT2D eigenvalue weighted by Gasteiger charge is 2.31. The second-order valence-electron chi connectivity index (χ2n) is 6.39. The molecular formula is C20H14F3N3O.